The number of halogens is 1. The number of ether oxygens (including phenoxy) is 1. The van der Waals surface area contributed by atoms with Gasteiger partial charge >= 0.3 is 0 Å². The molecule has 2 N–H and O–H groups in total. The number of hydrogen-bond donors (Lipinski definition) is 2. The molecular formula is C13H19ClN2O2. The van der Waals surface area contributed by atoms with Crippen molar-refractivity contribution in [3.8, 4) is 0 Å². The first-order chi connectivity index (χ1) is 8.65. The third kappa shape index (κ3) is 5.04. The van der Waals surface area contributed by atoms with Crippen LogP contribution in [0.2, 0.25) is 5.02 Å². The van der Waals surface area contributed by atoms with Crippen LogP contribution in [0.1, 0.15) is 15.9 Å². The van der Waals surface area contributed by atoms with Gasteiger partial charge in [-0.05, 0) is 24.6 Å². The maximum atomic E-state index is 11.9. The Balaban J connectivity index is 2.34. The van der Waals surface area contributed by atoms with Gasteiger partial charge in [0.15, 0.2) is 0 Å². The Morgan fingerprint density at radius 3 is 2.83 bits per heavy atom. The molecule has 0 aliphatic heterocycles. The van der Waals surface area contributed by atoms with Crippen molar-refractivity contribution in [1.82, 2.24) is 10.6 Å². The summed E-state index contributed by atoms with van der Waals surface area (Å²) in [5.74, 6) is -0.0939. The van der Waals surface area contributed by atoms with E-state index in [0.717, 1.165) is 12.1 Å². The van der Waals surface area contributed by atoms with Crippen molar-refractivity contribution in [2.24, 2.45) is 0 Å². The molecule has 0 aromatic heterocycles. The van der Waals surface area contributed by atoms with E-state index in [9.17, 15) is 4.79 Å². The molecule has 0 saturated carbocycles. The summed E-state index contributed by atoms with van der Waals surface area (Å²) in [6, 6.07) is 5.30. The zero-order valence-corrected chi connectivity index (χ0v) is 11.5. The molecule has 0 fully saturated rings. The van der Waals surface area contributed by atoms with Crippen LogP contribution in [-0.4, -0.2) is 39.3 Å². The van der Waals surface area contributed by atoms with Crippen LogP contribution in [0.5, 0.6) is 0 Å². The lowest BCUT2D eigenvalue weighted by Crippen LogP contribution is -2.33. The zero-order chi connectivity index (χ0) is 13.4. The molecule has 0 bridgehead atoms. The van der Waals surface area contributed by atoms with E-state index < -0.39 is 0 Å². The van der Waals surface area contributed by atoms with E-state index in [0.29, 0.717) is 30.3 Å². The van der Waals surface area contributed by atoms with Gasteiger partial charge in [0.2, 0.25) is 0 Å². The van der Waals surface area contributed by atoms with Crippen molar-refractivity contribution in [3.05, 3.63) is 34.3 Å². The number of aryl methyl sites for hydroxylation is 1. The summed E-state index contributed by atoms with van der Waals surface area (Å²) in [5, 5.41) is 6.57. The highest BCUT2D eigenvalue weighted by Gasteiger charge is 2.08. The number of carbonyl (C=O) groups excluding carboxylic acids is 1. The predicted molar refractivity (Wildman–Crippen MR) is 73.3 cm³/mol. The first-order valence-corrected chi connectivity index (χ1v) is 6.27. The molecule has 0 saturated heterocycles. The highest BCUT2D eigenvalue weighted by molar-refractivity contribution is 6.31. The fourth-order valence-corrected chi connectivity index (χ4v) is 1.67. The molecule has 0 atom stereocenters. The fraction of sp³-hybridized carbons (Fsp3) is 0.462. The standard InChI is InChI=1S/C13H19ClN2O2/c1-10-3-4-11(14)9-12(10)13(17)16-6-5-15-7-8-18-2/h3-4,9,15H,5-8H2,1-2H3,(H,16,17). The van der Waals surface area contributed by atoms with E-state index in [1.54, 1.807) is 19.2 Å². The molecule has 4 nitrogen and oxygen atoms in total. The predicted octanol–water partition coefficient (Wildman–Crippen LogP) is 1.61. The Morgan fingerprint density at radius 2 is 2.11 bits per heavy atom. The number of nitrogens with one attached hydrogen (secondary N) is 2. The van der Waals surface area contributed by atoms with E-state index in [1.165, 1.54) is 0 Å². The summed E-state index contributed by atoms with van der Waals surface area (Å²) in [5.41, 5.74) is 1.55. The van der Waals surface area contributed by atoms with Gasteiger partial charge in [0.05, 0.1) is 6.61 Å². The molecule has 0 unspecified atom stereocenters. The largest absolute Gasteiger partial charge is 0.383 e. The van der Waals surface area contributed by atoms with Crippen LogP contribution in [0.25, 0.3) is 0 Å². The summed E-state index contributed by atoms with van der Waals surface area (Å²) < 4.78 is 4.90. The number of benzene rings is 1. The molecule has 1 aromatic rings. The average molecular weight is 271 g/mol. The van der Waals surface area contributed by atoms with Gasteiger partial charge in [0.1, 0.15) is 0 Å². The minimum atomic E-state index is -0.0939. The number of amides is 1. The smallest absolute Gasteiger partial charge is 0.251 e. The summed E-state index contributed by atoms with van der Waals surface area (Å²) in [7, 11) is 1.66. The Kier molecular flexibility index (Phi) is 6.72. The van der Waals surface area contributed by atoms with Crippen LogP contribution in [-0.2, 0) is 4.74 Å². The first-order valence-electron chi connectivity index (χ1n) is 5.89. The Bertz CT molecular complexity index is 397. The molecule has 0 aliphatic carbocycles. The van der Waals surface area contributed by atoms with Crippen LogP contribution in [0.4, 0.5) is 0 Å². The molecule has 0 aliphatic rings. The van der Waals surface area contributed by atoms with Gasteiger partial charge in [-0.25, -0.2) is 0 Å². The average Bonchev–Trinajstić information content (AvgIpc) is 2.36. The van der Waals surface area contributed by atoms with Gasteiger partial charge in [-0.15, -0.1) is 0 Å². The summed E-state index contributed by atoms with van der Waals surface area (Å²) in [6.07, 6.45) is 0. The Morgan fingerprint density at radius 1 is 1.33 bits per heavy atom. The topological polar surface area (TPSA) is 50.4 Å². The maximum Gasteiger partial charge on any atom is 0.251 e. The minimum absolute atomic E-state index is 0.0939. The molecular weight excluding hydrogens is 252 g/mol. The van der Waals surface area contributed by atoms with Gasteiger partial charge in [0, 0.05) is 37.3 Å². The van der Waals surface area contributed by atoms with Crippen LogP contribution < -0.4 is 10.6 Å². The lowest BCUT2D eigenvalue weighted by Gasteiger charge is -2.08. The van der Waals surface area contributed by atoms with Crippen molar-refractivity contribution >= 4 is 17.5 Å². The van der Waals surface area contributed by atoms with Crippen molar-refractivity contribution < 1.29 is 9.53 Å². The lowest BCUT2D eigenvalue weighted by molar-refractivity contribution is 0.0953. The molecule has 1 amide bonds. The molecule has 1 rings (SSSR count). The maximum absolute atomic E-state index is 11.9. The normalized spacial score (nSPS) is 10.4. The number of hydrogen-bond acceptors (Lipinski definition) is 3. The van der Waals surface area contributed by atoms with Crippen LogP contribution in [0.3, 0.4) is 0 Å². The fourth-order valence-electron chi connectivity index (χ4n) is 1.50. The number of rotatable bonds is 7. The van der Waals surface area contributed by atoms with E-state index in [-0.39, 0.29) is 5.91 Å². The molecule has 0 radical (unpaired) electrons. The number of carbonyl (C=O) groups is 1. The van der Waals surface area contributed by atoms with Gasteiger partial charge in [-0.1, -0.05) is 17.7 Å². The second kappa shape index (κ2) is 8.08. The molecule has 5 heteroatoms. The van der Waals surface area contributed by atoms with Crippen LogP contribution in [0, 0.1) is 6.92 Å². The summed E-state index contributed by atoms with van der Waals surface area (Å²) in [4.78, 5) is 11.9. The van der Waals surface area contributed by atoms with E-state index in [1.807, 2.05) is 13.0 Å². The van der Waals surface area contributed by atoms with Gasteiger partial charge in [0.25, 0.3) is 5.91 Å². The highest BCUT2D eigenvalue weighted by Crippen LogP contribution is 2.14. The van der Waals surface area contributed by atoms with Crippen molar-refractivity contribution in [1.29, 1.82) is 0 Å². The molecule has 100 valence electrons. The second-order valence-corrected chi connectivity index (χ2v) is 4.39. The van der Waals surface area contributed by atoms with E-state index >= 15 is 0 Å². The minimum Gasteiger partial charge on any atom is -0.383 e. The highest BCUT2D eigenvalue weighted by atomic mass is 35.5. The third-order valence-electron chi connectivity index (χ3n) is 2.51. The lowest BCUT2D eigenvalue weighted by atomic mass is 10.1. The van der Waals surface area contributed by atoms with Crippen molar-refractivity contribution in [3.63, 3.8) is 0 Å². The quantitative estimate of drug-likeness (QED) is 0.740. The molecule has 1 aromatic carbocycles. The molecule has 0 spiro atoms. The van der Waals surface area contributed by atoms with Gasteiger partial charge < -0.3 is 15.4 Å². The zero-order valence-electron chi connectivity index (χ0n) is 10.8. The Labute approximate surface area is 113 Å². The Hall–Kier alpha value is -1.10. The summed E-state index contributed by atoms with van der Waals surface area (Å²) >= 11 is 5.87. The first kappa shape index (κ1) is 15.0. The van der Waals surface area contributed by atoms with Crippen molar-refractivity contribution in [2.45, 2.75) is 6.92 Å². The van der Waals surface area contributed by atoms with Gasteiger partial charge in [-0.3, -0.25) is 4.79 Å². The molecule has 18 heavy (non-hydrogen) atoms. The molecule has 0 heterocycles. The monoisotopic (exact) mass is 270 g/mol. The third-order valence-corrected chi connectivity index (χ3v) is 2.75. The van der Waals surface area contributed by atoms with Crippen LogP contribution >= 0.6 is 11.6 Å². The number of methoxy groups -OCH3 is 1. The van der Waals surface area contributed by atoms with Crippen LogP contribution in [0.15, 0.2) is 18.2 Å². The van der Waals surface area contributed by atoms with E-state index in [2.05, 4.69) is 10.6 Å². The summed E-state index contributed by atoms with van der Waals surface area (Å²) in [6.45, 7) is 4.63. The van der Waals surface area contributed by atoms with Gasteiger partial charge in [-0.2, -0.15) is 0 Å². The second-order valence-electron chi connectivity index (χ2n) is 3.96. The van der Waals surface area contributed by atoms with E-state index in [4.69, 9.17) is 16.3 Å². The van der Waals surface area contributed by atoms with Crippen molar-refractivity contribution in [2.75, 3.05) is 33.4 Å². The SMILES string of the molecule is COCCNCCNC(=O)c1cc(Cl)ccc1C.